The molecule has 0 aliphatic rings. The zero-order chi connectivity index (χ0) is 13.1. The molecule has 1 aromatic carbocycles. The first-order valence-corrected chi connectivity index (χ1v) is 6.12. The standard InChI is InChI=1S/C14H19N3O/c1-10-14(7-8-15)11(2)17(16-10)9-12-3-5-13(18)6-4-12/h3-6,18H,7-9,15H2,1-2H3. The van der Waals surface area contributed by atoms with Crippen molar-refractivity contribution in [1.82, 2.24) is 9.78 Å². The van der Waals surface area contributed by atoms with Crippen molar-refractivity contribution in [3.8, 4) is 5.75 Å². The lowest BCUT2D eigenvalue weighted by Crippen LogP contribution is -2.06. The molecule has 96 valence electrons. The van der Waals surface area contributed by atoms with Crippen LogP contribution < -0.4 is 5.73 Å². The van der Waals surface area contributed by atoms with Gasteiger partial charge in [0.05, 0.1) is 12.2 Å². The number of nitrogens with two attached hydrogens (primary N) is 1. The highest BCUT2D eigenvalue weighted by Crippen LogP contribution is 2.16. The number of benzene rings is 1. The van der Waals surface area contributed by atoms with Crippen molar-refractivity contribution >= 4 is 0 Å². The molecule has 3 N–H and O–H groups in total. The highest BCUT2D eigenvalue weighted by Gasteiger charge is 2.10. The third-order valence-electron chi connectivity index (χ3n) is 3.19. The third-order valence-corrected chi connectivity index (χ3v) is 3.19. The predicted molar refractivity (Wildman–Crippen MR) is 71.7 cm³/mol. The minimum absolute atomic E-state index is 0.288. The van der Waals surface area contributed by atoms with Crippen LogP contribution >= 0.6 is 0 Å². The number of hydrogen-bond donors (Lipinski definition) is 2. The van der Waals surface area contributed by atoms with Crippen LogP contribution in [0, 0.1) is 13.8 Å². The number of aromatic nitrogens is 2. The van der Waals surface area contributed by atoms with E-state index in [-0.39, 0.29) is 5.75 Å². The molecule has 0 atom stereocenters. The molecule has 1 aromatic heterocycles. The van der Waals surface area contributed by atoms with Crippen LogP contribution in [0.1, 0.15) is 22.5 Å². The van der Waals surface area contributed by atoms with Gasteiger partial charge in [0.25, 0.3) is 0 Å². The van der Waals surface area contributed by atoms with Gasteiger partial charge in [-0.1, -0.05) is 12.1 Å². The van der Waals surface area contributed by atoms with Gasteiger partial charge >= 0.3 is 0 Å². The van der Waals surface area contributed by atoms with Gasteiger partial charge in [0, 0.05) is 5.69 Å². The number of rotatable bonds is 4. The van der Waals surface area contributed by atoms with E-state index in [1.165, 1.54) is 11.3 Å². The van der Waals surface area contributed by atoms with Crippen molar-refractivity contribution in [2.45, 2.75) is 26.8 Å². The second-order valence-electron chi connectivity index (χ2n) is 4.51. The van der Waals surface area contributed by atoms with Crippen molar-refractivity contribution in [2.75, 3.05) is 6.54 Å². The van der Waals surface area contributed by atoms with Crippen molar-refractivity contribution < 1.29 is 5.11 Å². The quantitative estimate of drug-likeness (QED) is 0.862. The normalized spacial score (nSPS) is 10.8. The summed E-state index contributed by atoms with van der Waals surface area (Å²) in [5, 5.41) is 13.8. The molecule has 0 unspecified atom stereocenters. The van der Waals surface area contributed by atoms with Crippen LogP contribution in [0.5, 0.6) is 5.75 Å². The molecule has 0 amide bonds. The van der Waals surface area contributed by atoms with Crippen LogP contribution in [0.2, 0.25) is 0 Å². The van der Waals surface area contributed by atoms with E-state index in [0.29, 0.717) is 6.54 Å². The molecular weight excluding hydrogens is 226 g/mol. The van der Waals surface area contributed by atoms with Gasteiger partial charge in [-0.2, -0.15) is 5.10 Å². The molecule has 0 saturated carbocycles. The maximum absolute atomic E-state index is 9.26. The fourth-order valence-corrected chi connectivity index (χ4v) is 2.17. The van der Waals surface area contributed by atoms with E-state index in [2.05, 4.69) is 12.0 Å². The monoisotopic (exact) mass is 245 g/mol. The summed E-state index contributed by atoms with van der Waals surface area (Å²) in [7, 11) is 0. The molecular formula is C14H19N3O. The molecule has 0 radical (unpaired) electrons. The van der Waals surface area contributed by atoms with Gasteiger partial charge in [-0.05, 0) is 50.1 Å². The molecule has 2 rings (SSSR count). The average molecular weight is 245 g/mol. The Kier molecular flexibility index (Phi) is 3.67. The second kappa shape index (κ2) is 5.23. The molecule has 18 heavy (non-hydrogen) atoms. The van der Waals surface area contributed by atoms with Crippen molar-refractivity contribution in [2.24, 2.45) is 5.73 Å². The summed E-state index contributed by atoms with van der Waals surface area (Å²) >= 11 is 0. The summed E-state index contributed by atoms with van der Waals surface area (Å²) in [6, 6.07) is 7.21. The van der Waals surface area contributed by atoms with E-state index >= 15 is 0 Å². The summed E-state index contributed by atoms with van der Waals surface area (Å²) in [6.07, 6.45) is 0.868. The number of phenolic OH excluding ortho intramolecular Hbond substituents is 1. The van der Waals surface area contributed by atoms with Gasteiger partial charge < -0.3 is 10.8 Å². The first-order valence-electron chi connectivity index (χ1n) is 6.12. The molecule has 0 saturated heterocycles. The fourth-order valence-electron chi connectivity index (χ4n) is 2.17. The fraction of sp³-hybridized carbons (Fsp3) is 0.357. The number of nitrogens with zero attached hydrogens (tertiary/aromatic N) is 2. The first kappa shape index (κ1) is 12.6. The van der Waals surface area contributed by atoms with Gasteiger partial charge in [-0.15, -0.1) is 0 Å². The van der Waals surface area contributed by atoms with Gasteiger partial charge in [-0.25, -0.2) is 0 Å². The van der Waals surface area contributed by atoms with Gasteiger partial charge in [-0.3, -0.25) is 4.68 Å². The van der Waals surface area contributed by atoms with Gasteiger partial charge in [0.2, 0.25) is 0 Å². The SMILES string of the molecule is Cc1nn(Cc2ccc(O)cc2)c(C)c1CCN. The lowest BCUT2D eigenvalue weighted by atomic mass is 10.1. The van der Waals surface area contributed by atoms with Crippen LogP contribution in [0.3, 0.4) is 0 Å². The smallest absolute Gasteiger partial charge is 0.115 e. The molecule has 0 spiro atoms. The lowest BCUT2D eigenvalue weighted by molar-refractivity contribution is 0.475. The van der Waals surface area contributed by atoms with Crippen LogP contribution in [-0.4, -0.2) is 21.4 Å². The molecule has 1 heterocycles. The van der Waals surface area contributed by atoms with Gasteiger partial charge in [0.15, 0.2) is 0 Å². The van der Waals surface area contributed by atoms with E-state index < -0.39 is 0 Å². The Balaban J connectivity index is 2.24. The van der Waals surface area contributed by atoms with Crippen LogP contribution in [-0.2, 0) is 13.0 Å². The van der Waals surface area contributed by atoms with E-state index in [1.54, 1.807) is 12.1 Å². The average Bonchev–Trinajstić information content (AvgIpc) is 2.60. The Morgan fingerprint density at radius 2 is 1.89 bits per heavy atom. The first-order chi connectivity index (χ1) is 8.61. The molecule has 4 heteroatoms. The Bertz CT molecular complexity index is 529. The minimum atomic E-state index is 0.288. The van der Waals surface area contributed by atoms with Crippen LogP contribution in [0.15, 0.2) is 24.3 Å². The zero-order valence-electron chi connectivity index (χ0n) is 10.8. The highest BCUT2D eigenvalue weighted by molar-refractivity contribution is 5.28. The summed E-state index contributed by atoms with van der Waals surface area (Å²) in [4.78, 5) is 0. The molecule has 0 aliphatic heterocycles. The zero-order valence-corrected chi connectivity index (χ0v) is 10.8. The topological polar surface area (TPSA) is 64.1 Å². The predicted octanol–water partition coefficient (Wildman–Crippen LogP) is 1.76. The van der Waals surface area contributed by atoms with Crippen LogP contribution in [0.4, 0.5) is 0 Å². The van der Waals surface area contributed by atoms with Crippen molar-refractivity contribution in [3.63, 3.8) is 0 Å². The van der Waals surface area contributed by atoms with E-state index in [0.717, 1.165) is 24.2 Å². The summed E-state index contributed by atoms with van der Waals surface area (Å²) < 4.78 is 1.99. The Labute approximate surface area is 107 Å². The van der Waals surface area contributed by atoms with E-state index in [1.807, 2.05) is 23.7 Å². The van der Waals surface area contributed by atoms with E-state index in [4.69, 9.17) is 5.73 Å². The molecule has 2 aromatic rings. The Morgan fingerprint density at radius 3 is 2.50 bits per heavy atom. The Hall–Kier alpha value is -1.81. The molecule has 0 fully saturated rings. The number of hydrogen-bond acceptors (Lipinski definition) is 3. The lowest BCUT2D eigenvalue weighted by Gasteiger charge is -2.05. The maximum atomic E-state index is 9.26. The number of aryl methyl sites for hydroxylation is 1. The van der Waals surface area contributed by atoms with Crippen molar-refractivity contribution in [3.05, 3.63) is 46.8 Å². The Morgan fingerprint density at radius 1 is 1.22 bits per heavy atom. The largest absolute Gasteiger partial charge is 0.508 e. The molecule has 4 nitrogen and oxygen atoms in total. The number of aromatic hydroxyl groups is 1. The third kappa shape index (κ3) is 2.54. The maximum Gasteiger partial charge on any atom is 0.115 e. The second-order valence-corrected chi connectivity index (χ2v) is 4.51. The summed E-state index contributed by atoms with van der Waals surface area (Å²) in [5.74, 6) is 0.288. The van der Waals surface area contributed by atoms with E-state index in [9.17, 15) is 5.11 Å². The minimum Gasteiger partial charge on any atom is -0.508 e. The molecule has 0 bridgehead atoms. The van der Waals surface area contributed by atoms with Gasteiger partial charge in [0.1, 0.15) is 5.75 Å². The summed E-state index contributed by atoms with van der Waals surface area (Å²) in [6.45, 7) is 5.46. The van der Waals surface area contributed by atoms with Crippen LogP contribution in [0.25, 0.3) is 0 Å². The molecule has 0 aliphatic carbocycles. The highest BCUT2D eigenvalue weighted by atomic mass is 16.3. The van der Waals surface area contributed by atoms with Crippen molar-refractivity contribution in [1.29, 1.82) is 0 Å². The number of phenols is 1. The summed E-state index contributed by atoms with van der Waals surface area (Å²) in [5.41, 5.74) is 10.2.